The van der Waals surface area contributed by atoms with Gasteiger partial charge in [-0.2, -0.15) is 13.2 Å². The van der Waals surface area contributed by atoms with E-state index >= 15 is 0 Å². The second-order valence-electron chi connectivity index (χ2n) is 6.63. The largest absolute Gasteiger partial charge is 0.419 e. The molecular formula is C19H18ClF4NO2S. The molecule has 0 aliphatic heterocycles. The normalized spacial score (nSPS) is 14.4. The Hall–Kier alpha value is -2.06. The molecule has 3 nitrogen and oxygen atoms in total. The van der Waals surface area contributed by atoms with Crippen molar-refractivity contribution in [2.24, 2.45) is 0 Å². The fourth-order valence-electron chi connectivity index (χ4n) is 2.39. The number of halogens is 5. The Balaban J connectivity index is 2.21. The van der Waals surface area contributed by atoms with Gasteiger partial charge in [0.05, 0.1) is 5.56 Å². The van der Waals surface area contributed by atoms with E-state index in [-0.39, 0.29) is 12.1 Å². The molecule has 0 fully saturated rings. The van der Waals surface area contributed by atoms with Gasteiger partial charge in [-0.15, -0.1) is 0 Å². The van der Waals surface area contributed by atoms with E-state index in [2.05, 4.69) is 11.2 Å². The summed E-state index contributed by atoms with van der Waals surface area (Å²) < 4.78 is 63.5. The first-order valence-corrected chi connectivity index (χ1v) is 10.1. The van der Waals surface area contributed by atoms with Crippen molar-refractivity contribution < 1.29 is 26.6 Å². The SMILES string of the molecule is C=S(=O)(c1ccc(Cl)cc1)C(C)(C)C(=O)NCc1ccc(F)c(C(F)(F)F)c1. The van der Waals surface area contributed by atoms with Crippen molar-refractivity contribution in [3.63, 3.8) is 0 Å². The molecule has 0 radical (unpaired) electrons. The van der Waals surface area contributed by atoms with Crippen LogP contribution in [-0.4, -0.2) is 20.7 Å². The zero-order valence-corrected chi connectivity index (χ0v) is 16.6. The Kier molecular flexibility index (Phi) is 6.16. The summed E-state index contributed by atoms with van der Waals surface area (Å²) in [6.45, 7) is 2.57. The van der Waals surface area contributed by atoms with Crippen LogP contribution in [0.4, 0.5) is 17.6 Å². The van der Waals surface area contributed by atoms with Gasteiger partial charge in [-0.05, 0) is 61.7 Å². The molecular weight excluding hydrogens is 418 g/mol. The predicted molar refractivity (Wildman–Crippen MR) is 102 cm³/mol. The fraction of sp³-hybridized carbons (Fsp3) is 0.263. The van der Waals surface area contributed by atoms with Crippen LogP contribution >= 0.6 is 11.6 Å². The van der Waals surface area contributed by atoms with Gasteiger partial charge in [0, 0.05) is 26.0 Å². The zero-order chi connectivity index (χ0) is 21.3. The number of benzene rings is 2. The van der Waals surface area contributed by atoms with Crippen LogP contribution in [0.1, 0.15) is 25.0 Å². The minimum atomic E-state index is -4.85. The Morgan fingerprint density at radius 2 is 1.71 bits per heavy atom. The molecule has 0 aromatic heterocycles. The third-order valence-electron chi connectivity index (χ3n) is 4.35. The highest BCUT2D eigenvalue weighted by Crippen LogP contribution is 2.32. The van der Waals surface area contributed by atoms with E-state index in [1.807, 2.05) is 0 Å². The van der Waals surface area contributed by atoms with Crippen molar-refractivity contribution in [3.8, 4) is 0 Å². The van der Waals surface area contributed by atoms with Crippen LogP contribution in [0.2, 0.25) is 5.02 Å². The highest BCUT2D eigenvalue weighted by atomic mass is 35.5. The highest BCUT2D eigenvalue weighted by Gasteiger charge is 2.38. The van der Waals surface area contributed by atoms with Gasteiger partial charge in [0.1, 0.15) is 10.6 Å². The van der Waals surface area contributed by atoms with Gasteiger partial charge in [-0.1, -0.05) is 17.7 Å². The Morgan fingerprint density at radius 1 is 1.14 bits per heavy atom. The third-order valence-corrected chi connectivity index (χ3v) is 7.47. The average molecular weight is 436 g/mol. The minimum Gasteiger partial charge on any atom is -0.351 e. The lowest BCUT2D eigenvalue weighted by Gasteiger charge is -2.28. The molecule has 9 heteroatoms. The minimum absolute atomic E-state index is 0.0555. The quantitative estimate of drug-likeness (QED) is 0.548. The summed E-state index contributed by atoms with van der Waals surface area (Å²) in [4.78, 5) is 12.9. The number of nitrogens with one attached hydrogen (secondary N) is 1. The molecule has 0 saturated carbocycles. The molecule has 1 atom stereocenters. The Labute approximate surface area is 165 Å². The fourth-order valence-corrected chi connectivity index (χ4v) is 4.06. The molecule has 0 spiro atoms. The van der Waals surface area contributed by atoms with Crippen LogP contribution < -0.4 is 5.32 Å². The van der Waals surface area contributed by atoms with Gasteiger partial charge in [-0.25, -0.2) is 4.39 Å². The van der Waals surface area contributed by atoms with E-state index in [9.17, 15) is 26.6 Å². The van der Waals surface area contributed by atoms with Crippen molar-refractivity contribution >= 4 is 32.9 Å². The van der Waals surface area contributed by atoms with Gasteiger partial charge >= 0.3 is 6.18 Å². The number of hydrogen-bond acceptors (Lipinski definition) is 2. The first-order chi connectivity index (χ1) is 12.8. The van der Waals surface area contributed by atoms with Crippen molar-refractivity contribution in [1.82, 2.24) is 5.32 Å². The zero-order valence-electron chi connectivity index (χ0n) is 15.1. The highest BCUT2D eigenvalue weighted by molar-refractivity contribution is 8.02. The molecule has 2 rings (SSSR count). The summed E-state index contributed by atoms with van der Waals surface area (Å²) in [7, 11) is -3.11. The van der Waals surface area contributed by atoms with Crippen LogP contribution in [0.15, 0.2) is 47.4 Å². The summed E-state index contributed by atoms with van der Waals surface area (Å²) >= 11 is 5.81. The first-order valence-electron chi connectivity index (χ1n) is 8.03. The van der Waals surface area contributed by atoms with Crippen LogP contribution in [-0.2, 0) is 27.0 Å². The number of alkyl halides is 3. The summed E-state index contributed by atoms with van der Waals surface area (Å²) in [6, 6.07) is 8.50. The summed E-state index contributed by atoms with van der Waals surface area (Å²) in [6.07, 6.45) is -4.85. The van der Waals surface area contributed by atoms with E-state index < -0.39 is 37.7 Å². The summed E-state index contributed by atoms with van der Waals surface area (Å²) in [5.41, 5.74) is -1.36. The van der Waals surface area contributed by atoms with Crippen molar-refractivity contribution in [1.29, 1.82) is 0 Å². The van der Waals surface area contributed by atoms with Gasteiger partial charge in [0.15, 0.2) is 0 Å². The lowest BCUT2D eigenvalue weighted by atomic mass is 10.1. The standard InChI is InChI=1S/C19H18ClF4NO2S/c1-18(2,28(3,27)14-7-5-13(20)6-8-14)17(26)25-11-12-4-9-16(21)15(10-12)19(22,23)24/h4-10H,3,11H2,1-2H3,(H,25,26). The van der Waals surface area contributed by atoms with E-state index in [1.54, 1.807) is 0 Å². The molecule has 0 bridgehead atoms. The van der Waals surface area contributed by atoms with E-state index in [1.165, 1.54) is 38.1 Å². The molecule has 2 aromatic rings. The van der Waals surface area contributed by atoms with Gasteiger partial charge < -0.3 is 5.32 Å². The lowest BCUT2D eigenvalue weighted by Crippen LogP contribution is -2.47. The smallest absolute Gasteiger partial charge is 0.351 e. The average Bonchev–Trinajstić information content (AvgIpc) is 2.59. The predicted octanol–water partition coefficient (Wildman–Crippen LogP) is 4.67. The number of carbonyl (C=O) groups excluding carboxylic acids is 1. The molecule has 1 amide bonds. The van der Waals surface area contributed by atoms with Crippen LogP contribution in [0.25, 0.3) is 0 Å². The van der Waals surface area contributed by atoms with E-state index in [4.69, 9.17) is 11.6 Å². The lowest BCUT2D eigenvalue weighted by molar-refractivity contribution is -0.140. The summed E-state index contributed by atoms with van der Waals surface area (Å²) in [5.74, 6) is 1.64. The van der Waals surface area contributed by atoms with Crippen molar-refractivity contribution in [3.05, 3.63) is 64.4 Å². The summed E-state index contributed by atoms with van der Waals surface area (Å²) in [5, 5.41) is 2.88. The second kappa shape index (κ2) is 7.75. The maximum absolute atomic E-state index is 13.4. The van der Waals surface area contributed by atoms with E-state index in [0.717, 1.165) is 6.07 Å². The number of hydrogen-bond donors (Lipinski definition) is 1. The Morgan fingerprint density at radius 3 is 2.25 bits per heavy atom. The van der Waals surface area contributed by atoms with E-state index in [0.29, 0.717) is 22.1 Å². The molecule has 0 aliphatic carbocycles. The molecule has 152 valence electrons. The molecule has 28 heavy (non-hydrogen) atoms. The van der Waals surface area contributed by atoms with Gasteiger partial charge in [0.2, 0.25) is 5.91 Å². The van der Waals surface area contributed by atoms with Crippen LogP contribution in [0.3, 0.4) is 0 Å². The van der Waals surface area contributed by atoms with Gasteiger partial charge in [-0.3, -0.25) is 9.00 Å². The molecule has 1 unspecified atom stereocenters. The second-order valence-corrected chi connectivity index (χ2v) is 9.91. The molecule has 0 heterocycles. The number of amides is 1. The third kappa shape index (κ3) is 4.50. The molecule has 2 aromatic carbocycles. The Bertz CT molecular complexity index is 984. The maximum Gasteiger partial charge on any atom is 0.419 e. The van der Waals surface area contributed by atoms with Crippen molar-refractivity contribution in [2.75, 3.05) is 0 Å². The van der Waals surface area contributed by atoms with Crippen LogP contribution in [0, 0.1) is 5.82 Å². The number of rotatable bonds is 5. The van der Waals surface area contributed by atoms with Gasteiger partial charge in [0.25, 0.3) is 0 Å². The molecule has 0 aliphatic rings. The number of carbonyl (C=O) groups is 1. The molecule has 1 N–H and O–H groups in total. The van der Waals surface area contributed by atoms with Crippen molar-refractivity contribution in [2.45, 2.75) is 36.2 Å². The topological polar surface area (TPSA) is 46.2 Å². The first kappa shape index (κ1) is 22.2. The monoisotopic (exact) mass is 435 g/mol. The maximum atomic E-state index is 13.4. The molecule has 0 saturated heterocycles. The van der Waals surface area contributed by atoms with Crippen LogP contribution in [0.5, 0.6) is 0 Å².